The first-order chi connectivity index (χ1) is 12.4. The Bertz CT molecular complexity index is 926. The molecule has 1 saturated heterocycles. The van der Waals surface area contributed by atoms with Crippen molar-refractivity contribution in [3.05, 3.63) is 36.0 Å². The van der Waals surface area contributed by atoms with Crippen molar-refractivity contribution in [1.82, 2.24) is 19.7 Å². The summed E-state index contributed by atoms with van der Waals surface area (Å²) < 4.78 is 39.8. The highest BCUT2D eigenvalue weighted by Crippen LogP contribution is 2.31. The minimum absolute atomic E-state index is 0.522. The number of hydrogen-bond acceptors (Lipinski definition) is 5. The first-order valence-electron chi connectivity index (χ1n) is 8.31. The van der Waals surface area contributed by atoms with Crippen LogP contribution in [0.25, 0.3) is 11.0 Å². The monoisotopic (exact) mass is 362 g/mol. The van der Waals surface area contributed by atoms with Crippen LogP contribution >= 0.6 is 0 Å². The summed E-state index contributed by atoms with van der Waals surface area (Å²) in [6, 6.07) is 4.88. The van der Waals surface area contributed by atoms with Gasteiger partial charge in [0, 0.05) is 25.8 Å². The molecule has 0 atom stereocenters. The highest BCUT2D eigenvalue weighted by Gasteiger charge is 2.30. The van der Waals surface area contributed by atoms with Gasteiger partial charge in [0.25, 0.3) is 0 Å². The standard InChI is InChI=1S/C17H17F3N6/c1-25-15-13(10-21-25)14(23-16(24-15)26-8-2-3-9-26)22-12-6-4-11(5-7-12)17(18,19)20/h4-7,10H,2-3,8-9H2,1H3,(H,22,23,24). The van der Waals surface area contributed by atoms with Gasteiger partial charge in [0.05, 0.1) is 17.1 Å². The Morgan fingerprint density at radius 2 is 1.73 bits per heavy atom. The third-order valence-electron chi connectivity index (χ3n) is 4.44. The maximum absolute atomic E-state index is 12.7. The molecule has 4 rings (SSSR count). The van der Waals surface area contributed by atoms with E-state index in [0.717, 1.165) is 43.5 Å². The summed E-state index contributed by atoms with van der Waals surface area (Å²) in [6.07, 6.45) is -0.522. The second-order valence-corrected chi connectivity index (χ2v) is 6.27. The van der Waals surface area contributed by atoms with Crippen LogP contribution in [0.1, 0.15) is 18.4 Å². The van der Waals surface area contributed by atoms with E-state index < -0.39 is 11.7 Å². The molecule has 2 aromatic heterocycles. The summed E-state index contributed by atoms with van der Waals surface area (Å²) in [4.78, 5) is 11.3. The molecule has 9 heteroatoms. The van der Waals surface area contributed by atoms with Crippen LogP contribution in [0, 0.1) is 0 Å². The molecule has 26 heavy (non-hydrogen) atoms. The van der Waals surface area contributed by atoms with E-state index in [-0.39, 0.29) is 0 Å². The maximum atomic E-state index is 12.7. The van der Waals surface area contributed by atoms with Crippen LogP contribution in [-0.4, -0.2) is 32.8 Å². The minimum Gasteiger partial charge on any atom is -0.341 e. The van der Waals surface area contributed by atoms with E-state index in [0.29, 0.717) is 23.1 Å². The topological polar surface area (TPSA) is 58.9 Å². The summed E-state index contributed by atoms with van der Waals surface area (Å²) >= 11 is 0. The van der Waals surface area contributed by atoms with Crippen molar-refractivity contribution in [3.63, 3.8) is 0 Å². The Labute approximate surface area is 147 Å². The van der Waals surface area contributed by atoms with Gasteiger partial charge in [-0.2, -0.15) is 28.2 Å². The molecule has 0 unspecified atom stereocenters. The summed E-state index contributed by atoms with van der Waals surface area (Å²) in [5.41, 5.74) is 0.514. The fraction of sp³-hybridized carbons (Fsp3) is 0.353. The molecule has 3 heterocycles. The Kier molecular flexibility index (Phi) is 3.93. The third-order valence-corrected chi connectivity index (χ3v) is 4.44. The number of rotatable bonds is 3. The van der Waals surface area contributed by atoms with Crippen molar-refractivity contribution >= 4 is 28.5 Å². The molecule has 1 fully saturated rings. The van der Waals surface area contributed by atoms with E-state index in [9.17, 15) is 13.2 Å². The zero-order valence-corrected chi connectivity index (χ0v) is 14.1. The molecule has 6 nitrogen and oxygen atoms in total. The Balaban J connectivity index is 1.71. The van der Waals surface area contributed by atoms with Gasteiger partial charge in [-0.25, -0.2) is 0 Å². The molecule has 1 aliphatic rings. The van der Waals surface area contributed by atoms with Gasteiger partial charge in [-0.15, -0.1) is 0 Å². The molecule has 0 bridgehead atoms. The molecule has 136 valence electrons. The number of nitrogens with one attached hydrogen (secondary N) is 1. The van der Waals surface area contributed by atoms with Crippen molar-refractivity contribution in [2.24, 2.45) is 7.05 Å². The third kappa shape index (κ3) is 3.04. The number of anilines is 3. The minimum atomic E-state index is -4.35. The van der Waals surface area contributed by atoms with E-state index in [2.05, 4.69) is 25.3 Å². The van der Waals surface area contributed by atoms with Crippen LogP contribution < -0.4 is 10.2 Å². The highest BCUT2D eigenvalue weighted by molar-refractivity contribution is 5.89. The molecular formula is C17H17F3N6. The number of alkyl halides is 3. The zero-order valence-electron chi connectivity index (χ0n) is 14.1. The number of nitrogens with zero attached hydrogens (tertiary/aromatic N) is 5. The number of hydrogen-bond donors (Lipinski definition) is 1. The van der Waals surface area contributed by atoms with Gasteiger partial charge >= 0.3 is 6.18 Å². The molecule has 1 aliphatic heterocycles. The molecule has 1 N–H and O–H groups in total. The summed E-state index contributed by atoms with van der Waals surface area (Å²) in [5, 5.41) is 8.04. The highest BCUT2D eigenvalue weighted by atomic mass is 19.4. The number of aromatic nitrogens is 4. The zero-order chi connectivity index (χ0) is 18.3. The second kappa shape index (κ2) is 6.15. The van der Waals surface area contributed by atoms with Gasteiger partial charge in [-0.1, -0.05) is 0 Å². The van der Waals surface area contributed by atoms with Gasteiger partial charge in [0.2, 0.25) is 5.95 Å². The SMILES string of the molecule is Cn1ncc2c(Nc3ccc(C(F)(F)F)cc3)nc(N3CCCC3)nc21. The predicted molar refractivity (Wildman–Crippen MR) is 92.5 cm³/mol. The molecule has 0 spiro atoms. The largest absolute Gasteiger partial charge is 0.416 e. The van der Waals surface area contributed by atoms with Crippen LogP contribution in [0.5, 0.6) is 0 Å². The van der Waals surface area contributed by atoms with Crippen LogP contribution in [0.4, 0.5) is 30.6 Å². The lowest BCUT2D eigenvalue weighted by Gasteiger charge is -2.17. The molecule has 0 saturated carbocycles. The molecule has 0 aliphatic carbocycles. The maximum Gasteiger partial charge on any atom is 0.416 e. The summed E-state index contributed by atoms with van der Waals surface area (Å²) in [7, 11) is 1.80. The van der Waals surface area contributed by atoms with Crippen molar-refractivity contribution in [2.45, 2.75) is 19.0 Å². The lowest BCUT2D eigenvalue weighted by atomic mass is 10.2. The summed E-state index contributed by atoms with van der Waals surface area (Å²) in [5.74, 6) is 1.14. The average Bonchev–Trinajstić information content (AvgIpc) is 3.25. The van der Waals surface area contributed by atoms with Gasteiger partial charge in [-0.05, 0) is 37.1 Å². The molecule has 1 aromatic carbocycles. The van der Waals surface area contributed by atoms with Crippen LogP contribution in [0.2, 0.25) is 0 Å². The van der Waals surface area contributed by atoms with Crippen molar-refractivity contribution in [2.75, 3.05) is 23.3 Å². The van der Waals surface area contributed by atoms with Crippen LogP contribution in [-0.2, 0) is 13.2 Å². The Morgan fingerprint density at radius 3 is 2.38 bits per heavy atom. The van der Waals surface area contributed by atoms with E-state index in [1.54, 1.807) is 17.9 Å². The van der Waals surface area contributed by atoms with Gasteiger partial charge < -0.3 is 10.2 Å². The first kappa shape index (κ1) is 16.6. The smallest absolute Gasteiger partial charge is 0.341 e. The number of aryl methyl sites for hydroxylation is 1. The van der Waals surface area contributed by atoms with Gasteiger partial charge in [0.1, 0.15) is 5.82 Å². The first-order valence-corrected chi connectivity index (χ1v) is 8.31. The van der Waals surface area contributed by atoms with Crippen molar-refractivity contribution in [3.8, 4) is 0 Å². The molecular weight excluding hydrogens is 345 g/mol. The summed E-state index contributed by atoms with van der Waals surface area (Å²) in [6.45, 7) is 1.78. The lowest BCUT2D eigenvalue weighted by Crippen LogP contribution is -2.21. The number of halogens is 3. The Hall–Kier alpha value is -2.84. The Morgan fingerprint density at radius 1 is 1.04 bits per heavy atom. The second-order valence-electron chi connectivity index (χ2n) is 6.27. The van der Waals surface area contributed by atoms with Gasteiger partial charge in [-0.3, -0.25) is 4.68 Å². The average molecular weight is 362 g/mol. The quantitative estimate of drug-likeness (QED) is 0.769. The number of benzene rings is 1. The van der Waals surface area contributed by atoms with E-state index in [1.165, 1.54) is 12.1 Å². The van der Waals surface area contributed by atoms with E-state index >= 15 is 0 Å². The van der Waals surface area contributed by atoms with E-state index in [1.807, 2.05) is 0 Å². The van der Waals surface area contributed by atoms with Crippen molar-refractivity contribution in [1.29, 1.82) is 0 Å². The lowest BCUT2D eigenvalue weighted by molar-refractivity contribution is -0.137. The molecule has 0 amide bonds. The fourth-order valence-corrected chi connectivity index (χ4v) is 3.04. The van der Waals surface area contributed by atoms with E-state index in [4.69, 9.17) is 0 Å². The molecule has 0 radical (unpaired) electrons. The number of fused-ring (bicyclic) bond motifs is 1. The van der Waals surface area contributed by atoms with Crippen LogP contribution in [0.15, 0.2) is 30.5 Å². The predicted octanol–water partition coefficient (Wildman–Crippen LogP) is 3.73. The van der Waals surface area contributed by atoms with Gasteiger partial charge in [0.15, 0.2) is 5.65 Å². The van der Waals surface area contributed by atoms with Crippen LogP contribution in [0.3, 0.4) is 0 Å². The van der Waals surface area contributed by atoms with Crippen molar-refractivity contribution < 1.29 is 13.2 Å². The normalized spacial score (nSPS) is 15.0. The molecule has 3 aromatic rings. The fourth-order valence-electron chi connectivity index (χ4n) is 3.04.